The van der Waals surface area contributed by atoms with Crippen molar-refractivity contribution < 1.29 is 29.1 Å². The largest absolute Gasteiger partial charge is 0.481 e. The third kappa shape index (κ3) is 7.61. The number of carboxylic acids is 1. The van der Waals surface area contributed by atoms with E-state index in [4.69, 9.17) is 5.73 Å². The van der Waals surface area contributed by atoms with E-state index in [9.17, 15) is 29.1 Å². The molecule has 0 radical (unpaired) electrons. The topological polar surface area (TPSA) is 169 Å². The first-order chi connectivity index (χ1) is 27.0. The summed E-state index contributed by atoms with van der Waals surface area (Å²) in [6.45, 7) is 22.2. The first-order valence-electron chi connectivity index (χ1n) is 22.2. The number of nitrogens with two attached hydrogens (primary N) is 1. The van der Waals surface area contributed by atoms with Crippen molar-refractivity contribution in [2.75, 3.05) is 12.3 Å². The first-order valence-corrected chi connectivity index (χ1v) is 23.1. The molecular formula is C47H72N4O6S. The predicted molar refractivity (Wildman–Crippen MR) is 228 cm³/mol. The van der Waals surface area contributed by atoms with E-state index >= 15 is 0 Å². The highest BCUT2D eigenvalue weighted by molar-refractivity contribution is 7.13. The number of fused-ring (bicyclic) bond motifs is 7. The van der Waals surface area contributed by atoms with E-state index < -0.39 is 11.5 Å². The minimum absolute atomic E-state index is 0.0349. The van der Waals surface area contributed by atoms with E-state index in [1.807, 2.05) is 19.2 Å². The predicted octanol–water partition coefficient (Wildman–Crippen LogP) is 8.57. The second kappa shape index (κ2) is 16.1. The molecule has 6 aliphatic rings. The van der Waals surface area contributed by atoms with Crippen molar-refractivity contribution >= 4 is 46.3 Å². The van der Waals surface area contributed by atoms with E-state index in [0.29, 0.717) is 72.7 Å². The number of ketones is 2. The molecule has 5 N–H and O–H groups in total. The van der Waals surface area contributed by atoms with Crippen molar-refractivity contribution in [1.29, 1.82) is 0 Å². The van der Waals surface area contributed by atoms with E-state index in [-0.39, 0.29) is 57.0 Å². The monoisotopic (exact) mass is 821 g/mol. The maximum Gasteiger partial charge on any atom is 0.306 e. The van der Waals surface area contributed by atoms with Gasteiger partial charge in [-0.15, -0.1) is 11.3 Å². The Morgan fingerprint density at radius 3 is 2.28 bits per heavy atom. The third-order valence-corrected chi connectivity index (χ3v) is 18.2. The van der Waals surface area contributed by atoms with Crippen LogP contribution >= 0.6 is 11.3 Å². The summed E-state index contributed by atoms with van der Waals surface area (Å²) in [4.78, 5) is 66.9. The van der Waals surface area contributed by atoms with Gasteiger partial charge in [-0.05, 0) is 148 Å². The Kier molecular flexibility index (Phi) is 12.3. The minimum atomic E-state index is -0.990. The Balaban J connectivity index is 0.000000732. The van der Waals surface area contributed by atoms with Gasteiger partial charge >= 0.3 is 5.97 Å². The van der Waals surface area contributed by atoms with Crippen LogP contribution in [0.3, 0.4) is 0 Å². The number of nitrogen functional groups attached to an aromatic ring is 1. The Morgan fingerprint density at radius 1 is 1.02 bits per heavy atom. The van der Waals surface area contributed by atoms with Gasteiger partial charge in [0.25, 0.3) is 0 Å². The number of carbonyl (C=O) groups excluding carboxylic acids is 4. The molecule has 0 aromatic carbocycles. The van der Waals surface area contributed by atoms with Crippen LogP contribution in [-0.2, 0) is 24.0 Å². The van der Waals surface area contributed by atoms with Crippen molar-refractivity contribution in [3.05, 3.63) is 22.2 Å². The molecule has 322 valence electrons. The van der Waals surface area contributed by atoms with E-state index in [2.05, 4.69) is 57.2 Å². The lowest BCUT2D eigenvalue weighted by atomic mass is 9.35. The molecular weight excluding hydrogens is 749 g/mol. The summed E-state index contributed by atoms with van der Waals surface area (Å²) < 4.78 is 0. The Hall–Kier alpha value is -3.08. The van der Waals surface area contributed by atoms with E-state index in [0.717, 1.165) is 49.8 Å². The normalized spacial score (nSPS) is 37.5. The number of nitrogens with one attached hydrogen (secondary N) is 2. The third-order valence-electron chi connectivity index (χ3n) is 17.5. The highest BCUT2D eigenvalue weighted by Gasteiger charge is 2.66. The maximum atomic E-state index is 13.9. The molecule has 11 unspecified atom stereocenters. The molecule has 1 heterocycles. The number of nitrogens with zero attached hydrogens (tertiary/aromatic N) is 1. The van der Waals surface area contributed by atoms with Crippen molar-refractivity contribution in [3.8, 4) is 0 Å². The Morgan fingerprint density at radius 2 is 1.71 bits per heavy atom. The van der Waals surface area contributed by atoms with Crippen LogP contribution in [0.15, 0.2) is 16.5 Å². The molecule has 2 amide bonds. The quantitative estimate of drug-likeness (QED) is 0.161. The zero-order valence-electron chi connectivity index (χ0n) is 37.0. The van der Waals surface area contributed by atoms with Gasteiger partial charge in [0, 0.05) is 36.1 Å². The average Bonchev–Trinajstić information content (AvgIpc) is 3.66. The Bertz CT molecular complexity index is 1800. The summed E-state index contributed by atoms with van der Waals surface area (Å²) in [5, 5.41) is 17.8. The van der Waals surface area contributed by atoms with Crippen LogP contribution in [0.4, 0.5) is 5.13 Å². The average molecular weight is 821 g/mol. The molecule has 6 aliphatic carbocycles. The van der Waals surface area contributed by atoms with Gasteiger partial charge in [-0.25, -0.2) is 4.98 Å². The summed E-state index contributed by atoms with van der Waals surface area (Å²) in [7, 11) is 0. The van der Waals surface area contributed by atoms with Crippen molar-refractivity contribution in [3.63, 3.8) is 0 Å². The zero-order chi connectivity index (χ0) is 42.7. The van der Waals surface area contributed by atoms with Crippen LogP contribution in [0.5, 0.6) is 0 Å². The summed E-state index contributed by atoms with van der Waals surface area (Å²) in [6, 6.07) is 0. The van der Waals surface area contributed by atoms with Crippen LogP contribution in [0.25, 0.3) is 0 Å². The number of amides is 2. The zero-order valence-corrected chi connectivity index (χ0v) is 37.8. The molecule has 0 saturated heterocycles. The molecule has 1 aromatic heterocycles. The summed E-state index contributed by atoms with van der Waals surface area (Å²) in [6.07, 6.45) is 11.9. The lowest BCUT2D eigenvalue weighted by Crippen LogP contribution is -2.62. The fourth-order valence-corrected chi connectivity index (χ4v) is 14.9. The van der Waals surface area contributed by atoms with Crippen LogP contribution in [0, 0.1) is 81.8 Å². The summed E-state index contributed by atoms with van der Waals surface area (Å²) >= 11 is 1.47. The van der Waals surface area contributed by atoms with Gasteiger partial charge in [0.1, 0.15) is 11.3 Å². The molecule has 0 aliphatic heterocycles. The molecule has 58 heavy (non-hydrogen) atoms. The smallest absolute Gasteiger partial charge is 0.306 e. The second-order valence-corrected chi connectivity index (χ2v) is 22.3. The first kappa shape index (κ1) is 44.5. The molecule has 11 atom stereocenters. The maximum absolute atomic E-state index is 13.9. The van der Waals surface area contributed by atoms with Crippen molar-refractivity contribution in [2.45, 2.75) is 152 Å². The number of anilines is 1. The number of rotatable bonds is 11. The Labute approximate surface area is 351 Å². The fraction of sp³-hybridized carbons (Fsp3) is 0.787. The number of allylic oxidation sites excluding steroid dienone is 2. The number of carboxylic acid groups (broad SMARTS) is 1. The lowest BCUT2D eigenvalue weighted by Gasteiger charge is -2.69. The van der Waals surface area contributed by atoms with Crippen molar-refractivity contribution in [2.24, 2.45) is 74.9 Å². The van der Waals surface area contributed by atoms with Gasteiger partial charge in [0.15, 0.2) is 10.9 Å². The van der Waals surface area contributed by atoms with Gasteiger partial charge in [0.05, 0.1) is 11.6 Å². The number of aliphatic carboxylic acids is 1. The summed E-state index contributed by atoms with van der Waals surface area (Å²) in [5.74, 6) is 1.66. The molecule has 11 heteroatoms. The van der Waals surface area contributed by atoms with Crippen LogP contribution < -0.4 is 16.4 Å². The molecule has 5 saturated carbocycles. The number of Topliss-reactive ketones (excluding diaryl/α,β-unsaturated/α-hetero) is 2. The standard InChI is InChI=1S/C43H66N2O6.C4H6N2S/c1-24(2)35-32(48)22-43(18-19-44-38(51)40(6,7)45-23-46)17-13-30-27(36(35)43)10-11-34-41(30,8)16-14-33-39(4,5)26(12-15-42(33,34)9)20-31(47)28-21-29(25(28)3)37(49)50;1-3-2-7-4(5)6-3/h23-30,33-34H,10-22H2,1-9H3,(H,44,51)(H,45,46)(H,49,50);2H,1H3,(H2,5,6). The van der Waals surface area contributed by atoms with E-state index in [1.54, 1.807) is 13.8 Å². The van der Waals surface area contributed by atoms with Gasteiger partial charge < -0.3 is 21.5 Å². The van der Waals surface area contributed by atoms with Gasteiger partial charge in [0.2, 0.25) is 12.3 Å². The molecule has 7 rings (SSSR count). The second-order valence-electron chi connectivity index (χ2n) is 21.4. The number of aromatic nitrogens is 1. The van der Waals surface area contributed by atoms with Crippen LogP contribution in [0.1, 0.15) is 145 Å². The van der Waals surface area contributed by atoms with Crippen LogP contribution in [-0.4, -0.2) is 52.0 Å². The molecule has 5 fully saturated rings. The lowest BCUT2D eigenvalue weighted by molar-refractivity contribution is -0.193. The number of aryl methyl sites for hydroxylation is 1. The molecule has 1 aromatic rings. The number of carbonyl (C=O) groups is 5. The number of thiazole rings is 1. The number of hydrogen-bond donors (Lipinski definition) is 4. The van der Waals surface area contributed by atoms with E-state index in [1.165, 1.54) is 36.2 Å². The minimum Gasteiger partial charge on any atom is -0.481 e. The fourth-order valence-electron chi connectivity index (χ4n) is 14.3. The molecule has 0 spiro atoms. The summed E-state index contributed by atoms with van der Waals surface area (Å²) in [5.41, 5.74) is 8.02. The van der Waals surface area contributed by atoms with Gasteiger partial charge in [-0.3, -0.25) is 24.0 Å². The number of hydrogen-bond acceptors (Lipinski definition) is 8. The highest BCUT2D eigenvalue weighted by Crippen LogP contribution is 2.74. The highest BCUT2D eigenvalue weighted by atomic mass is 32.1. The molecule has 0 bridgehead atoms. The van der Waals surface area contributed by atoms with Crippen molar-refractivity contribution in [1.82, 2.24) is 15.6 Å². The SMILES string of the molecule is CC(C)C1=C2C3CCC4C(C)(CCC5C(C)(C)C(CC(=O)C6CC(C(=O)O)C6C)CCC54C)C3CCC2(CCNC(=O)C(C)(C)NC=O)CC1=O.Cc1csc(N)n1. The van der Waals surface area contributed by atoms with Crippen LogP contribution in [0.2, 0.25) is 0 Å². The molecule has 10 nitrogen and oxygen atoms in total. The van der Waals surface area contributed by atoms with Gasteiger partial charge in [-0.1, -0.05) is 54.0 Å². The van der Waals surface area contributed by atoms with Gasteiger partial charge in [-0.2, -0.15) is 0 Å².